The highest BCUT2D eigenvalue weighted by Gasteiger charge is 2.18. The lowest BCUT2D eigenvalue weighted by molar-refractivity contribution is 0.205. The van der Waals surface area contributed by atoms with Gasteiger partial charge in [-0.3, -0.25) is 4.21 Å². The van der Waals surface area contributed by atoms with Crippen molar-refractivity contribution in [3.8, 4) is 0 Å². The predicted octanol–water partition coefficient (Wildman–Crippen LogP) is 0.949. The molecule has 15 heavy (non-hydrogen) atoms. The second-order valence-corrected chi connectivity index (χ2v) is 5.67. The van der Waals surface area contributed by atoms with Crippen LogP contribution in [0.3, 0.4) is 0 Å². The fraction of sp³-hybridized carbons (Fsp3) is 0.900. The van der Waals surface area contributed by atoms with E-state index in [0.29, 0.717) is 5.75 Å². The third-order valence-electron chi connectivity index (χ3n) is 2.60. The monoisotopic (exact) mass is 232 g/mol. The lowest BCUT2D eigenvalue weighted by Gasteiger charge is -2.20. The minimum Gasteiger partial charge on any atom is -0.336 e. The molecule has 1 saturated heterocycles. The number of likely N-dealkylation sites (tertiary alicyclic amines) is 1. The van der Waals surface area contributed by atoms with Crippen LogP contribution in [0.25, 0.3) is 0 Å². The lowest BCUT2D eigenvalue weighted by Crippen LogP contribution is -2.42. The minimum atomic E-state index is -0.768. The topological polar surface area (TPSA) is 49.4 Å². The van der Waals surface area contributed by atoms with E-state index in [2.05, 4.69) is 5.32 Å². The third-order valence-corrected chi connectivity index (χ3v) is 3.41. The van der Waals surface area contributed by atoms with Crippen molar-refractivity contribution in [3.05, 3.63) is 0 Å². The molecular weight excluding hydrogens is 212 g/mol. The Kier molecular flexibility index (Phi) is 5.08. The summed E-state index contributed by atoms with van der Waals surface area (Å²) in [6.07, 6.45) is 4.69. The number of amides is 2. The van der Waals surface area contributed by atoms with Crippen molar-refractivity contribution in [2.45, 2.75) is 32.2 Å². The van der Waals surface area contributed by atoms with Gasteiger partial charge in [0.2, 0.25) is 0 Å². The van der Waals surface area contributed by atoms with E-state index in [-0.39, 0.29) is 12.1 Å². The molecule has 0 radical (unpaired) electrons. The number of nitrogens with zero attached hydrogens (tertiary/aromatic N) is 1. The molecule has 0 aromatic heterocycles. The molecule has 1 fully saturated rings. The first kappa shape index (κ1) is 12.5. The zero-order valence-electron chi connectivity index (χ0n) is 9.49. The molecule has 5 heteroatoms. The number of hydrogen-bond acceptors (Lipinski definition) is 2. The molecule has 2 amide bonds. The molecule has 0 aromatic rings. The van der Waals surface area contributed by atoms with Gasteiger partial charge in [0.15, 0.2) is 0 Å². The summed E-state index contributed by atoms with van der Waals surface area (Å²) in [5, 5.41) is 2.93. The smallest absolute Gasteiger partial charge is 0.317 e. The molecule has 0 aromatic carbocycles. The zero-order chi connectivity index (χ0) is 11.3. The molecule has 0 spiro atoms. The van der Waals surface area contributed by atoms with Crippen molar-refractivity contribution in [2.75, 3.05) is 25.1 Å². The number of urea groups is 1. The van der Waals surface area contributed by atoms with Crippen LogP contribution in [0.2, 0.25) is 0 Å². The van der Waals surface area contributed by atoms with Gasteiger partial charge in [0, 0.05) is 41.9 Å². The first-order valence-electron chi connectivity index (χ1n) is 5.45. The molecule has 1 N–H and O–H groups in total. The number of carbonyl (C=O) groups is 1. The number of hydrogen-bond donors (Lipinski definition) is 1. The summed E-state index contributed by atoms with van der Waals surface area (Å²) < 4.78 is 10.9. The van der Waals surface area contributed by atoms with Crippen LogP contribution in [-0.2, 0) is 10.8 Å². The van der Waals surface area contributed by atoms with Crippen molar-refractivity contribution >= 4 is 16.8 Å². The molecule has 0 bridgehead atoms. The van der Waals surface area contributed by atoms with Gasteiger partial charge < -0.3 is 10.2 Å². The average molecular weight is 232 g/mol. The predicted molar refractivity (Wildman–Crippen MR) is 62.4 cm³/mol. The molecular formula is C10H20N2O2S. The Labute approximate surface area is 93.9 Å². The molecule has 2 unspecified atom stereocenters. The number of carbonyl (C=O) groups excluding carboxylic acids is 1. The van der Waals surface area contributed by atoms with Gasteiger partial charge in [-0.25, -0.2) is 4.79 Å². The zero-order valence-corrected chi connectivity index (χ0v) is 10.3. The summed E-state index contributed by atoms with van der Waals surface area (Å²) >= 11 is 0. The quantitative estimate of drug-likeness (QED) is 0.784. The average Bonchev–Trinajstić information content (AvgIpc) is 2.67. The van der Waals surface area contributed by atoms with E-state index in [4.69, 9.17) is 0 Å². The largest absolute Gasteiger partial charge is 0.336 e. The second kappa shape index (κ2) is 6.10. The van der Waals surface area contributed by atoms with Crippen LogP contribution in [0.5, 0.6) is 0 Å². The molecule has 1 aliphatic rings. The van der Waals surface area contributed by atoms with Gasteiger partial charge in [0.1, 0.15) is 0 Å². The highest BCUT2D eigenvalue weighted by atomic mass is 32.2. The van der Waals surface area contributed by atoms with Crippen LogP contribution < -0.4 is 5.32 Å². The SMILES string of the molecule is CC(CCS(C)=O)NC(=O)N1CCCC1. The Morgan fingerprint density at radius 3 is 2.60 bits per heavy atom. The van der Waals surface area contributed by atoms with Crippen LogP contribution in [0.1, 0.15) is 26.2 Å². The van der Waals surface area contributed by atoms with E-state index in [0.717, 1.165) is 32.4 Å². The molecule has 4 nitrogen and oxygen atoms in total. The number of nitrogens with one attached hydrogen (secondary N) is 1. The van der Waals surface area contributed by atoms with Gasteiger partial charge in [0.05, 0.1) is 0 Å². The van der Waals surface area contributed by atoms with Crippen LogP contribution >= 0.6 is 0 Å². The van der Waals surface area contributed by atoms with E-state index in [1.807, 2.05) is 11.8 Å². The Hall–Kier alpha value is -0.580. The maximum absolute atomic E-state index is 11.6. The number of rotatable bonds is 4. The Bertz CT molecular complexity index is 240. The van der Waals surface area contributed by atoms with Gasteiger partial charge in [-0.05, 0) is 26.2 Å². The Balaban J connectivity index is 2.21. The maximum Gasteiger partial charge on any atom is 0.317 e. The van der Waals surface area contributed by atoms with Gasteiger partial charge >= 0.3 is 6.03 Å². The van der Waals surface area contributed by atoms with Crippen LogP contribution in [0.15, 0.2) is 0 Å². The van der Waals surface area contributed by atoms with E-state index in [1.54, 1.807) is 6.26 Å². The molecule has 1 heterocycles. The van der Waals surface area contributed by atoms with Gasteiger partial charge in [-0.2, -0.15) is 0 Å². The van der Waals surface area contributed by atoms with Gasteiger partial charge in [0.25, 0.3) is 0 Å². The fourth-order valence-corrected chi connectivity index (χ4v) is 2.32. The van der Waals surface area contributed by atoms with E-state index < -0.39 is 10.8 Å². The van der Waals surface area contributed by atoms with Crippen LogP contribution in [0, 0.1) is 0 Å². The fourth-order valence-electron chi connectivity index (χ4n) is 1.64. The van der Waals surface area contributed by atoms with Gasteiger partial charge in [-0.15, -0.1) is 0 Å². The Morgan fingerprint density at radius 2 is 2.07 bits per heavy atom. The molecule has 0 saturated carbocycles. The summed E-state index contributed by atoms with van der Waals surface area (Å²) in [5.74, 6) is 0.654. The van der Waals surface area contributed by atoms with Gasteiger partial charge in [-0.1, -0.05) is 0 Å². The normalized spacial score (nSPS) is 20.0. The highest BCUT2D eigenvalue weighted by molar-refractivity contribution is 7.84. The van der Waals surface area contributed by atoms with Crippen molar-refractivity contribution in [3.63, 3.8) is 0 Å². The van der Waals surface area contributed by atoms with Crippen molar-refractivity contribution < 1.29 is 9.00 Å². The first-order valence-corrected chi connectivity index (χ1v) is 7.18. The summed E-state index contributed by atoms with van der Waals surface area (Å²) in [7, 11) is -0.768. The summed E-state index contributed by atoms with van der Waals surface area (Å²) in [6, 6.07) is 0.142. The minimum absolute atomic E-state index is 0.0295. The molecule has 2 atom stereocenters. The highest BCUT2D eigenvalue weighted by Crippen LogP contribution is 2.07. The summed E-state index contributed by atoms with van der Waals surface area (Å²) in [6.45, 7) is 3.71. The summed E-state index contributed by atoms with van der Waals surface area (Å²) in [5.41, 5.74) is 0. The van der Waals surface area contributed by atoms with Crippen LogP contribution in [0.4, 0.5) is 4.79 Å². The van der Waals surface area contributed by atoms with Crippen LogP contribution in [-0.4, -0.2) is 46.3 Å². The Morgan fingerprint density at radius 1 is 1.47 bits per heavy atom. The molecule has 1 aliphatic heterocycles. The summed E-state index contributed by atoms with van der Waals surface area (Å²) in [4.78, 5) is 13.5. The van der Waals surface area contributed by atoms with Crippen molar-refractivity contribution in [2.24, 2.45) is 0 Å². The first-order chi connectivity index (χ1) is 7.09. The maximum atomic E-state index is 11.6. The molecule has 88 valence electrons. The second-order valence-electron chi connectivity index (χ2n) is 4.11. The standard InChI is InChI=1S/C10H20N2O2S/c1-9(5-8-15(2)14)11-10(13)12-6-3-4-7-12/h9H,3-8H2,1-2H3,(H,11,13). The van der Waals surface area contributed by atoms with E-state index in [9.17, 15) is 9.00 Å². The molecule has 1 rings (SSSR count). The lowest BCUT2D eigenvalue weighted by atomic mass is 10.3. The van der Waals surface area contributed by atoms with E-state index >= 15 is 0 Å². The molecule has 0 aliphatic carbocycles. The third kappa shape index (κ3) is 4.64. The van der Waals surface area contributed by atoms with E-state index in [1.165, 1.54) is 0 Å². The van der Waals surface area contributed by atoms with Crippen molar-refractivity contribution in [1.29, 1.82) is 0 Å². The van der Waals surface area contributed by atoms with Crippen molar-refractivity contribution in [1.82, 2.24) is 10.2 Å².